The fraction of sp³-hybridized carbons (Fsp3) is 0.471. The van der Waals surface area contributed by atoms with Gasteiger partial charge in [0.1, 0.15) is 5.82 Å². The maximum absolute atomic E-state index is 14.0. The number of benzene rings is 1. The number of carbonyl (C=O) groups excluding carboxylic acids is 1. The summed E-state index contributed by atoms with van der Waals surface area (Å²) in [5.41, 5.74) is 2.95. The van der Waals surface area contributed by atoms with Crippen LogP contribution in [0.15, 0.2) is 18.2 Å². The monoisotopic (exact) mass is 275 g/mol. The molecule has 1 aromatic rings. The minimum absolute atomic E-state index is 0.131. The molecule has 0 fully saturated rings. The van der Waals surface area contributed by atoms with Gasteiger partial charge in [0.2, 0.25) is 0 Å². The Labute approximate surface area is 120 Å². The second-order valence-electron chi connectivity index (χ2n) is 5.99. The molecule has 0 N–H and O–H groups in total. The highest BCUT2D eigenvalue weighted by molar-refractivity contribution is 5.86. The van der Waals surface area contributed by atoms with Crippen molar-refractivity contribution < 1.29 is 9.18 Å². The predicted octanol–water partition coefficient (Wildman–Crippen LogP) is 4.44. The highest BCUT2D eigenvalue weighted by atomic mass is 19.1. The van der Waals surface area contributed by atoms with Crippen LogP contribution in [-0.4, -0.2) is 18.4 Å². The van der Waals surface area contributed by atoms with Gasteiger partial charge in [-0.25, -0.2) is 4.39 Å². The third-order valence-corrected chi connectivity index (χ3v) is 3.96. The molecule has 0 aliphatic carbocycles. The zero-order valence-corrected chi connectivity index (χ0v) is 12.7. The molecule has 1 aliphatic heterocycles. The lowest BCUT2D eigenvalue weighted by molar-refractivity contribution is 0.112. The summed E-state index contributed by atoms with van der Waals surface area (Å²) < 4.78 is 14.0. The number of fused-ring (bicyclic) bond motifs is 1. The number of unbranched alkanes of at least 4 members (excludes halogenated alkanes) is 1. The zero-order chi connectivity index (χ0) is 14.9. The topological polar surface area (TPSA) is 20.3 Å². The van der Waals surface area contributed by atoms with Crippen LogP contribution in [0.4, 0.5) is 10.1 Å². The number of carbonyl (C=O) groups is 1. The van der Waals surface area contributed by atoms with E-state index in [4.69, 9.17) is 0 Å². The van der Waals surface area contributed by atoms with Crippen LogP contribution in [0.1, 0.15) is 56.5 Å². The van der Waals surface area contributed by atoms with E-state index in [1.54, 1.807) is 6.07 Å². The molecule has 0 saturated heterocycles. The SMILES string of the molecule is CCCCN1c2cc(F)c(C=O)cc2C(C)=CC1(C)C. The summed E-state index contributed by atoms with van der Waals surface area (Å²) in [6.45, 7) is 9.33. The Morgan fingerprint density at radius 3 is 2.65 bits per heavy atom. The fourth-order valence-corrected chi connectivity index (χ4v) is 2.93. The fourth-order valence-electron chi connectivity index (χ4n) is 2.93. The second-order valence-corrected chi connectivity index (χ2v) is 5.99. The highest BCUT2D eigenvalue weighted by Gasteiger charge is 2.31. The average Bonchev–Trinajstić information content (AvgIpc) is 2.37. The predicted molar refractivity (Wildman–Crippen MR) is 81.8 cm³/mol. The number of halogens is 1. The van der Waals surface area contributed by atoms with Crippen LogP contribution in [0.2, 0.25) is 0 Å². The highest BCUT2D eigenvalue weighted by Crippen LogP contribution is 2.40. The van der Waals surface area contributed by atoms with Crippen molar-refractivity contribution in [2.45, 2.75) is 46.1 Å². The van der Waals surface area contributed by atoms with Crippen molar-refractivity contribution in [1.29, 1.82) is 0 Å². The van der Waals surface area contributed by atoms with Gasteiger partial charge in [-0.3, -0.25) is 4.79 Å². The molecule has 0 spiro atoms. The summed E-state index contributed by atoms with van der Waals surface area (Å²) in [5, 5.41) is 0. The van der Waals surface area contributed by atoms with Crippen LogP contribution in [0, 0.1) is 5.82 Å². The lowest BCUT2D eigenvalue weighted by atomic mass is 9.87. The van der Waals surface area contributed by atoms with E-state index in [9.17, 15) is 9.18 Å². The molecule has 0 amide bonds. The third kappa shape index (κ3) is 2.49. The molecular weight excluding hydrogens is 253 g/mol. The minimum atomic E-state index is -0.439. The molecule has 1 aliphatic rings. The molecule has 1 aromatic carbocycles. The molecule has 2 nitrogen and oxygen atoms in total. The molecule has 0 saturated carbocycles. The molecule has 20 heavy (non-hydrogen) atoms. The Bertz CT molecular complexity index is 560. The van der Waals surface area contributed by atoms with Crippen LogP contribution < -0.4 is 4.90 Å². The molecule has 0 aromatic heterocycles. The lowest BCUT2D eigenvalue weighted by Crippen LogP contribution is -2.45. The zero-order valence-electron chi connectivity index (χ0n) is 12.7. The van der Waals surface area contributed by atoms with Gasteiger partial charge < -0.3 is 4.90 Å². The second kappa shape index (κ2) is 5.39. The molecule has 0 bridgehead atoms. The normalized spacial score (nSPS) is 16.6. The van der Waals surface area contributed by atoms with E-state index in [0.717, 1.165) is 36.2 Å². The number of rotatable bonds is 4. The van der Waals surface area contributed by atoms with Gasteiger partial charge in [-0.2, -0.15) is 0 Å². The quantitative estimate of drug-likeness (QED) is 0.757. The van der Waals surface area contributed by atoms with Crippen molar-refractivity contribution in [3.63, 3.8) is 0 Å². The lowest BCUT2D eigenvalue weighted by Gasteiger charge is -2.43. The van der Waals surface area contributed by atoms with Crippen LogP contribution in [0.5, 0.6) is 0 Å². The number of allylic oxidation sites excluding steroid dienone is 1. The van der Waals surface area contributed by atoms with Gasteiger partial charge in [0.05, 0.1) is 11.1 Å². The first kappa shape index (κ1) is 14.8. The number of hydrogen-bond acceptors (Lipinski definition) is 2. The smallest absolute Gasteiger partial charge is 0.153 e. The molecule has 108 valence electrons. The van der Waals surface area contributed by atoms with Crippen LogP contribution in [0.25, 0.3) is 5.57 Å². The van der Waals surface area contributed by atoms with E-state index in [1.165, 1.54) is 6.07 Å². The maximum atomic E-state index is 14.0. The molecule has 2 rings (SSSR count). The van der Waals surface area contributed by atoms with Crippen LogP contribution in [0.3, 0.4) is 0 Å². The molecule has 3 heteroatoms. The largest absolute Gasteiger partial charge is 0.362 e. The van der Waals surface area contributed by atoms with E-state index in [-0.39, 0.29) is 11.1 Å². The molecule has 0 unspecified atom stereocenters. The molecular formula is C17H22FNO. The van der Waals surface area contributed by atoms with Gasteiger partial charge in [-0.15, -0.1) is 0 Å². The van der Waals surface area contributed by atoms with Gasteiger partial charge in [0.15, 0.2) is 6.29 Å². The molecule has 1 heterocycles. The first-order valence-corrected chi connectivity index (χ1v) is 7.17. The molecule has 0 radical (unpaired) electrons. The summed E-state index contributed by atoms with van der Waals surface area (Å²) in [6.07, 6.45) is 4.93. The number of aldehydes is 1. The Morgan fingerprint density at radius 1 is 1.35 bits per heavy atom. The van der Waals surface area contributed by atoms with Gasteiger partial charge in [-0.05, 0) is 44.9 Å². The molecule has 0 atom stereocenters. The Hall–Kier alpha value is -1.64. The van der Waals surface area contributed by atoms with E-state index < -0.39 is 5.82 Å². The van der Waals surface area contributed by atoms with E-state index >= 15 is 0 Å². The van der Waals surface area contributed by atoms with Crippen molar-refractivity contribution in [1.82, 2.24) is 0 Å². The van der Waals surface area contributed by atoms with Gasteiger partial charge in [-0.1, -0.05) is 19.4 Å². The van der Waals surface area contributed by atoms with Crippen molar-refractivity contribution in [3.05, 3.63) is 35.2 Å². The third-order valence-electron chi connectivity index (χ3n) is 3.96. The summed E-state index contributed by atoms with van der Waals surface area (Å²) in [5.74, 6) is -0.439. The summed E-state index contributed by atoms with van der Waals surface area (Å²) in [6, 6.07) is 3.17. The summed E-state index contributed by atoms with van der Waals surface area (Å²) in [7, 11) is 0. The summed E-state index contributed by atoms with van der Waals surface area (Å²) >= 11 is 0. The number of hydrogen-bond donors (Lipinski definition) is 0. The van der Waals surface area contributed by atoms with E-state index in [2.05, 4.69) is 31.7 Å². The Morgan fingerprint density at radius 2 is 2.05 bits per heavy atom. The van der Waals surface area contributed by atoms with E-state index in [0.29, 0.717) is 6.29 Å². The van der Waals surface area contributed by atoms with Gasteiger partial charge >= 0.3 is 0 Å². The number of nitrogens with zero attached hydrogens (tertiary/aromatic N) is 1. The van der Waals surface area contributed by atoms with Gasteiger partial charge in [0.25, 0.3) is 0 Å². The first-order valence-electron chi connectivity index (χ1n) is 7.17. The van der Waals surface area contributed by atoms with Crippen molar-refractivity contribution >= 4 is 17.5 Å². The summed E-state index contributed by atoms with van der Waals surface area (Å²) in [4.78, 5) is 13.2. The van der Waals surface area contributed by atoms with Gasteiger partial charge in [0, 0.05) is 17.8 Å². The Balaban J connectivity index is 2.57. The minimum Gasteiger partial charge on any atom is -0.362 e. The first-order chi connectivity index (χ1) is 9.40. The van der Waals surface area contributed by atoms with Crippen molar-refractivity contribution in [3.8, 4) is 0 Å². The van der Waals surface area contributed by atoms with Crippen molar-refractivity contribution in [2.24, 2.45) is 0 Å². The maximum Gasteiger partial charge on any atom is 0.153 e. The number of anilines is 1. The van der Waals surface area contributed by atoms with Crippen molar-refractivity contribution in [2.75, 3.05) is 11.4 Å². The average molecular weight is 275 g/mol. The Kier molecular flexibility index (Phi) is 3.98. The van der Waals surface area contributed by atoms with E-state index in [1.807, 2.05) is 6.92 Å². The van der Waals surface area contributed by atoms with Crippen LogP contribution >= 0.6 is 0 Å². The van der Waals surface area contributed by atoms with Crippen LogP contribution in [-0.2, 0) is 0 Å². The standard InChI is InChI=1S/C17H22FNO/c1-5-6-7-19-16-9-15(18)13(11-20)8-14(16)12(2)10-17(19,3)4/h8-11H,5-7H2,1-4H3.